The third-order valence-electron chi connectivity index (χ3n) is 1.07. The minimum absolute atomic E-state index is 0.110. The molecule has 0 bridgehead atoms. The van der Waals surface area contributed by atoms with Crippen molar-refractivity contribution >= 4 is 16.2 Å². The van der Waals surface area contributed by atoms with E-state index in [9.17, 15) is 13.2 Å². The van der Waals surface area contributed by atoms with Crippen LogP contribution in [-0.2, 0) is 15.0 Å². The Bertz CT molecular complexity index is 291. The number of hydrogen-bond donors (Lipinski definition) is 3. The molecule has 0 radical (unpaired) electrons. The van der Waals surface area contributed by atoms with Crippen LogP contribution in [0.3, 0.4) is 0 Å². The Labute approximate surface area is 83.9 Å². The fourth-order valence-corrected chi connectivity index (χ4v) is 1.98. The number of hydrogen-bond acceptors (Lipinski definition) is 3. The lowest BCUT2D eigenvalue weighted by Gasteiger charge is -2.20. The third kappa shape index (κ3) is 7.96. The molecule has 84 valence electrons. The highest BCUT2D eigenvalue weighted by atomic mass is 32.2. The van der Waals surface area contributed by atoms with Crippen LogP contribution in [0.5, 0.6) is 0 Å². The molecular weight excluding hydrogens is 208 g/mol. The lowest BCUT2D eigenvalue weighted by atomic mass is 10.1. The molecule has 14 heavy (non-hydrogen) atoms. The summed E-state index contributed by atoms with van der Waals surface area (Å²) in [4.78, 5) is 10.1. The molecular formula is C7H16N2O4S. The summed E-state index contributed by atoms with van der Waals surface area (Å²) in [7, 11) is -3.60. The molecule has 7 heteroatoms. The summed E-state index contributed by atoms with van der Waals surface area (Å²) >= 11 is 0. The van der Waals surface area contributed by atoms with E-state index in [1.54, 1.807) is 20.8 Å². The Morgan fingerprint density at radius 2 is 1.86 bits per heavy atom. The highest BCUT2D eigenvalue weighted by Crippen LogP contribution is 2.00. The van der Waals surface area contributed by atoms with E-state index >= 15 is 0 Å². The maximum Gasteiger partial charge on any atom is 0.304 e. The van der Waals surface area contributed by atoms with Crippen molar-refractivity contribution in [3.8, 4) is 0 Å². The first-order valence-corrected chi connectivity index (χ1v) is 5.61. The van der Waals surface area contributed by atoms with Crippen molar-refractivity contribution in [1.82, 2.24) is 9.44 Å². The topological polar surface area (TPSA) is 95.5 Å². The third-order valence-corrected chi connectivity index (χ3v) is 2.54. The highest BCUT2D eigenvalue weighted by Gasteiger charge is 2.19. The first-order chi connectivity index (χ1) is 6.12. The quantitative estimate of drug-likeness (QED) is 0.596. The number of rotatable bonds is 5. The van der Waals surface area contributed by atoms with Gasteiger partial charge >= 0.3 is 5.97 Å². The van der Waals surface area contributed by atoms with Crippen molar-refractivity contribution in [3.63, 3.8) is 0 Å². The molecule has 0 aliphatic rings. The summed E-state index contributed by atoms with van der Waals surface area (Å²) < 4.78 is 26.9. The Kier molecular flexibility index (Phi) is 4.50. The van der Waals surface area contributed by atoms with E-state index in [1.165, 1.54) is 0 Å². The molecule has 0 unspecified atom stereocenters. The molecule has 0 aliphatic carbocycles. The Morgan fingerprint density at radius 1 is 1.36 bits per heavy atom. The van der Waals surface area contributed by atoms with Gasteiger partial charge in [0.05, 0.1) is 6.42 Å². The van der Waals surface area contributed by atoms with E-state index in [0.29, 0.717) is 0 Å². The summed E-state index contributed by atoms with van der Waals surface area (Å²) in [6.45, 7) is 4.98. The standard InChI is InChI=1S/C7H16N2O4S/c1-7(2,3)9-14(12,13)8-5-4-6(10)11/h8-9H,4-5H2,1-3H3,(H,10,11). The van der Waals surface area contributed by atoms with Gasteiger partial charge in [-0.3, -0.25) is 4.79 Å². The molecule has 0 spiro atoms. The zero-order valence-electron chi connectivity index (χ0n) is 8.49. The van der Waals surface area contributed by atoms with Crippen molar-refractivity contribution in [2.75, 3.05) is 6.54 Å². The van der Waals surface area contributed by atoms with Crippen molar-refractivity contribution < 1.29 is 18.3 Å². The van der Waals surface area contributed by atoms with E-state index in [0.717, 1.165) is 0 Å². The van der Waals surface area contributed by atoms with Gasteiger partial charge in [-0.2, -0.15) is 13.1 Å². The zero-order valence-corrected chi connectivity index (χ0v) is 9.31. The van der Waals surface area contributed by atoms with Crippen LogP contribution in [0.15, 0.2) is 0 Å². The first-order valence-electron chi connectivity index (χ1n) is 4.13. The van der Waals surface area contributed by atoms with Gasteiger partial charge in [0.15, 0.2) is 0 Å². The van der Waals surface area contributed by atoms with Crippen molar-refractivity contribution in [3.05, 3.63) is 0 Å². The zero-order chi connectivity index (χ0) is 11.4. The molecule has 0 fully saturated rings. The molecule has 0 aliphatic heterocycles. The second-order valence-corrected chi connectivity index (χ2v) is 5.39. The molecule has 0 saturated carbocycles. The molecule has 0 amide bonds. The smallest absolute Gasteiger partial charge is 0.304 e. The van der Waals surface area contributed by atoms with Crippen LogP contribution in [-0.4, -0.2) is 31.6 Å². The van der Waals surface area contributed by atoms with E-state index in [-0.39, 0.29) is 13.0 Å². The minimum atomic E-state index is -3.60. The van der Waals surface area contributed by atoms with Crippen LogP contribution in [0.1, 0.15) is 27.2 Å². The van der Waals surface area contributed by atoms with Gasteiger partial charge in [-0.1, -0.05) is 0 Å². The van der Waals surface area contributed by atoms with Gasteiger partial charge in [-0.05, 0) is 20.8 Å². The van der Waals surface area contributed by atoms with Crippen molar-refractivity contribution in [2.24, 2.45) is 0 Å². The van der Waals surface area contributed by atoms with Crippen LogP contribution in [0, 0.1) is 0 Å². The average Bonchev–Trinajstić information content (AvgIpc) is 1.78. The lowest BCUT2D eigenvalue weighted by Crippen LogP contribution is -2.47. The van der Waals surface area contributed by atoms with Gasteiger partial charge in [0.1, 0.15) is 0 Å². The molecule has 0 aromatic heterocycles. The van der Waals surface area contributed by atoms with Gasteiger partial charge in [-0.25, -0.2) is 4.72 Å². The fourth-order valence-electron chi connectivity index (χ4n) is 0.732. The van der Waals surface area contributed by atoms with Crippen LogP contribution in [0.25, 0.3) is 0 Å². The number of nitrogens with one attached hydrogen (secondary N) is 2. The number of carboxylic acid groups (broad SMARTS) is 1. The summed E-state index contributed by atoms with van der Waals surface area (Å²) in [6.07, 6.45) is -0.231. The Hall–Kier alpha value is -0.660. The van der Waals surface area contributed by atoms with Crippen LogP contribution in [0.4, 0.5) is 0 Å². The lowest BCUT2D eigenvalue weighted by molar-refractivity contribution is -0.136. The number of carboxylic acids is 1. The van der Waals surface area contributed by atoms with Gasteiger partial charge < -0.3 is 5.11 Å². The largest absolute Gasteiger partial charge is 0.481 e. The molecule has 3 N–H and O–H groups in total. The van der Waals surface area contributed by atoms with E-state index in [4.69, 9.17) is 5.11 Å². The van der Waals surface area contributed by atoms with Crippen LogP contribution < -0.4 is 9.44 Å². The second kappa shape index (κ2) is 4.72. The maximum absolute atomic E-state index is 11.2. The second-order valence-electron chi connectivity index (χ2n) is 3.89. The van der Waals surface area contributed by atoms with E-state index in [1.807, 2.05) is 0 Å². The van der Waals surface area contributed by atoms with Crippen molar-refractivity contribution in [1.29, 1.82) is 0 Å². The molecule has 0 rings (SSSR count). The molecule has 0 heterocycles. The summed E-state index contributed by atoms with van der Waals surface area (Å²) in [5.74, 6) is -1.04. The molecule has 0 aromatic rings. The SMILES string of the molecule is CC(C)(C)NS(=O)(=O)NCCC(=O)O. The van der Waals surface area contributed by atoms with Gasteiger partial charge in [0.2, 0.25) is 0 Å². The van der Waals surface area contributed by atoms with E-state index in [2.05, 4.69) is 9.44 Å². The molecule has 0 atom stereocenters. The molecule has 0 saturated heterocycles. The highest BCUT2D eigenvalue weighted by molar-refractivity contribution is 7.87. The van der Waals surface area contributed by atoms with Gasteiger partial charge in [-0.15, -0.1) is 0 Å². The number of carbonyl (C=O) groups is 1. The normalized spacial score (nSPS) is 12.8. The summed E-state index contributed by atoms with van der Waals surface area (Å²) in [6, 6.07) is 0. The summed E-state index contributed by atoms with van der Waals surface area (Å²) in [5, 5.41) is 8.29. The van der Waals surface area contributed by atoms with Crippen LogP contribution >= 0.6 is 0 Å². The summed E-state index contributed by atoms with van der Waals surface area (Å²) in [5.41, 5.74) is -0.574. The van der Waals surface area contributed by atoms with Crippen LogP contribution in [0.2, 0.25) is 0 Å². The number of aliphatic carboxylic acids is 1. The van der Waals surface area contributed by atoms with Gasteiger partial charge in [0.25, 0.3) is 10.2 Å². The maximum atomic E-state index is 11.2. The molecule has 6 nitrogen and oxygen atoms in total. The van der Waals surface area contributed by atoms with Crippen molar-refractivity contribution in [2.45, 2.75) is 32.7 Å². The minimum Gasteiger partial charge on any atom is -0.481 e. The first kappa shape index (κ1) is 13.3. The Balaban J connectivity index is 4.04. The van der Waals surface area contributed by atoms with E-state index < -0.39 is 21.7 Å². The Morgan fingerprint density at radius 3 is 2.21 bits per heavy atom. The average molecular weight is 224 g/mol. The fraction of sp³-hybridized carbons (Fsp3) is 0.857. The predicted octanol–water partition coefficient (Wildman–Crippen LogP) is -0.316. The monoisotopic (exact) mass is 224 g/mol. The predicted molar refractivity (Wildman–Crippen MR) is 52.1 cm³/mol. The van der Waals surface area contributed by atoms with Gasteiger partial charge in [0, 0.05) is 12.1 Å². The molecule has 0 aromatic carbocycles.